The lowest BCUT2D eigenvalue weighted by Crippen LogP contribution is -2.30. The number of carbonyl (C=O) groups excluding carboxylic acids is 2. The molecule has 0 saturated carbocycles. The van der Waals surface area contributed by atoms with Crippen LogP contribution in [0.1, 0.15) is 19.8 Å². The van der Waals surface area contributed by atoms with Crippen LogP contribution in [0.15, 0.2) is 42.5 Å². The Bertz CT molecular complexity index is 811. The molecule has 0 aliphatic rings. The molecule has 0 heterocycles. The van der Waals surface area contributed by atoms with Crippen LogP contribution in [0, 0.1) is 11.6 Å². The number of anilines is 1. The van der Waals surface area contributed by atoms with Gasteiger partial charge >= 0.3 is 5.97 Å². The SMILES string of the molecule is COc1ccc(OCCCC(=O)OC(C)C(=O)Nc2ccc(F)cc2F)cc1. The van der Waals surface area contributed by atoms with Crippen molar-refractivity contribution < 1.29 is 32.6 Å². The molecule has 0 fully saturated rings. The van der Waals surface area contributed by atoms with E-state index in [-0.39, 0.29) is 12.1 Å². The van der Waals surface area contributed by atoms with Crippen LogP contribution in [0.3, 0.4) is 0 Å². The van der Waals surface area contributed by atoms with Crippen molar-refractivity contribution in [3.8, 4) is 11.5 Å². The van der Waals surface area contributed by atoms with Gasteiger partial charge in [-0.05, 0) is 49.7 Å². The smallest absolute Gasteiger partial charge is 0.306 e. The summed E-state index contributed by atoms with van der Waals surface area (Å²) in [5, 5.41) is 2.25. The first-order valence-corrected chi connectivity index (χ1v) is 8.61. The first kappa shape index (κ1) is 21.1. The number of methoxy groups -OCH3 is 1. The van der Waals surface area contributed by atoms with Crippen LogP contribution in [0.4, 0.5) is 14.5 Å². The highest BCUT2D eigenvalue weighted by atomic mass is 19.1. The molecular formula is C20H21F2NO5. The zero-order chi connectivity index (χ0) is 20.5. The molecule has 0 aromatic heterocycles. The molecule has 0 aliphatic heterocycles. The zero-order valence-electron chi connectivity index (χ0n) is 15.5. The van der Waals surface area contributed by atoms with Gasteiger partial charge in [0.25, 0.3) is 5.91 Å². The van der Waals surface area contributed by atoms with Crippen LogP contribution in [0.25, 0.3) is 0 Å². The molecule has 8 heteroatoms. The Balaban J connectivity index is 1.70. The van der Waals surface area contributed by atoms with E-state index in [1.54, 1.807) is 31.4 Å². The largest absolute Gasteiger partial charge is 0.497 e. The number of carbonyl (C=O) groups is 2. The lowest BCUT2D eigenvalue weighted by atomic mass is 10.2. The van der Waals surface area contributed by atoms with E-state index in [2.05, 4.69) is 5.32 Å². The molecule has 0 saturated heterocycles. The summed E-state index contributed by atoms with van der Waals surface area (Å²) in [5.74, 6) is -1.62. The van der Waals surface area contributed by atoms with Crippen LogP contribution >= 0.6 is 0 Å². The van der Waals surface area contributed by atoms with Crippen molar-refractivity contribution in [2.24, 2.45) is 0 Å². The molecule has 28 heavy (non-hydrogen) atoms. The number of benzene rings is 2. The van der Waals surface area contributed by atoms with Gasteiger partial charge in [-0.25, -0.2) is 8.78 Å². The minimum atomic E-state index is -1.13. The first-order valence-electron chi connectivity index (χ1n) is 8.61. The summed E-state index contributed by atoms with van der Waals surface area (Å²) in [6.45, 7) is 1.66. The van der Waals surface area contributed by atoms with Crippen molar-refractivity contribution in [2.45, 2.75) is 25.9 Å². The molecule has 1 atom stereocenters. The van der Waals surface area contributed by atoms with Crippen LogP contribution in [0.2, 0.25) is 0 Å². The average molecular weight is 393 g/mol. The van der Waals surface area contributed by atoms with Crippen LogP contribution in [-0.2, 0) is 14.3 Å². The molecule has 1 amide bonds. The van der Waals surface area contributed by atoms with E-state index in [9.17, 15) is 18.4 Å². The second-order valence-corrected chi connectivity index (χ2v) is 5.87. The number of nitrogens with one attached hydrogen (secondary N) is 1. The van der Waals surface area contributed by atoms with Crippen molar-refractivity contribution in [3.05, 3.63) is 54.1 Å². The summed E-state index contributed by atoms with van der Waals surface area (Å²) in [7, 11) is 1.57. The van der Waals surface area contributed by atoms with Gasteiger partial charge in [-0.1, -0.05) is 0 Å². The van der Waals surface area contributed by atoms with Crippen LogP contribution < -0.4 is 14.8 Å². The summed E-state index contributed by atoms with van der Waals surface area (Å²) in [4.78, 5) is 23.8. The number of rotatable bonds is 9. The second kappa shape index (κ2) is 10.2. The van der Waals surface area contributed by atoms with Crippen LogP contribution in [0.5, 0.6) is 11.5 Å². The summed E-state index contributed by atoms with van der Waals surface area (Å²) in [6.07, 6.45) is -0.677. The van der Waals surface area contributed by atoms with Gasteiger partial charge < -0.3 is 19.5 Å². The highest BCUT2D eigenvalue weighted by Crippen LogP contribution is 2.18. The van der Waals surface area contributed by atoms with Crippen molar-refractivity contribution in [1.82, 2.24) is 0 Å². The molecule has 150 valence electrons. The molecule has 2 aromatic rings. The highest BCUT2D eigenvalue weighted by Gasteiger charge is 2.19. The van der Waals surface area contributed by atoms with Gasteiger partial charge in [0.15, 0.2) is 6.10 Å². The molecule has 0 bridgehead atoms. The molecular weight excluding hydrogens is 372 g/mol. The number of hydrogen-bond acceptors (Lipinski definition) is 5. The Morgan fingerprint density at radius 3 is 2.39 bits per heavy atom. The minimum Gasteiger partial charge on any atom is -0.497 e. The molecule has 2 rings (SSSR count). The van der Waals surface area contributed by atoms with Crippen molar-refractivity contribution in [1.29, 1.82) is 0 Å². The summed E-state index contributed by atoms with van der Waals surface area (Å²) in [6, 6.07) is 9.76. The lowest BCUT2D eigenvalue weighted by molar-refractivity contribution is -0.153. The van der Waals surface area contributed by atoms with Crippen molar-refractivity contribution in [3.63, 3.8) is 0 Å². The fourth-order valence-electron chi connectivity index (χ4n) is 2.21. The lowest BCUT2D eigenvalue weighted by Gasteiger charge is -2.14. The predicted octanol–water partition coefficient (Wildman–Crippen LogP) is 3.70. The van der Waals surface area contributed by atoms with Gasteiger partial charge in [0, 0.05) is 12.5 Å². The highest BCUT2D eigenvalue weighted by molar-refractivity contribution is 5.95. The van der Waals surface area contributed by atoms with Crippen LogP contribution in [-0.4, -0.2) is 31.7 Å². The molecule has 2 aromatic carbocycles. The Hall–Kier alpha value is -3.16. The number of hydrogen-bond donors (Lipinski definition) is 1. The molecule has 1 unspecified atom stereocenters. The Morgan fingerprint density at radius 2 is 1.75 bits per heavy atom. The van der Waals surface area contributed by atoms with E-state index < -0.39 is 29.6 Å². The summed E-state index contributed by atoms with van der Waals surface area (Å²) >= 11 is 0. The van der Waals surface area contributed by atoms with E-state index in [0.717, 1.165) is 12.1 Å². The van der Waals surface area contributed by atoms with E-state index in [1.807, 2.05) is 0 Å². The van der Waals surface area contributed by atoms with Crippen molar-refractivity contribution in [2.75, 3.05) is 19.0 Å². The third-order valence-corrected chi connectivity index (χ3v) is 3.72. The Labute approximate surface area is 161 Å². The number of ether oxygens (including phenoxy) is 3. The van der Waals surface area contributed by atoms with E-state index >= 15 is 0 Å². The predicted molar refractivity (Wildman–Crippen MR) is 98.3 cm³/mol. The number of halogens is 2. The maximum atomic E-state index is 13.5. The fourth-order valence-corrected chi connectivity index (χ4v) is 2.21. The third kappa shape index (κ3) is 6.53. The fraction of sp³-hybridized carbons (Fsp3) is 0.300. The van der Waals surface area contributed by atoms with E-state index in [1.165, 1.54) is 6.92 Å². The summed E-state index contributed by atoms with van der Waals surface area (Å²) < 4.78 is 42.0. The molecule has 1 N–H and O–H groups in total. The molecule has 0 aliphatic carbocycles. The molecule has 0 spiro atoms. The molecule has 6 nitrogen and oxygen atoms in total. The van der Waals surface area contributed by atoms with Gasteiger partial charge in [0.05, 0.1) is 19.4 Å². The number of amides is 1. The van der Waals surface area contributed by atoms with Gasteiger partial charge in [0.2, 0.25) is 0 Å². The van der Waals surface area contributed by atoms with Gasteiger partial charge in [0.1, 0.15) is 23.1 Å². The minimum absolute atomic E-state index is 0.0543. The van der Waals surface area contributed by atoms with Gasteiger partial charge in [-0.3, -0.25) is 9.59 Å². The maximum Gasteiger partial charge on any atom is 0.306 e. The van der Waals surface area contributed by atoms with E-state index in [0.29, 0.717) is 30.6 Å². The first-order chi connectivity index (χ1) is 13.4. The quantitative estimate of drug-likeness (QED) is 0.519. The van der Waals surface area contributed by atoms with Gasteiger partial charge in [-0.2, -0.15) is 0 Å². The summed E-state index contributed by atoms with van der Waals surface area (Å²) in [5.41, 5.74) is -0.192. The zero-order valence-corrected chi connectivity index (χ0v) is 15.5. The third-order valence-electron chi connectivity index (χ3n) is 3.72. The topological polar surface area (TPSA) is 73.9 Å². The molecule has 0 radical (unpaired) electrons. The Kier molecular flexibility index (Phi) is 7.74. The maximum absolute atomic E-state index is 13.5. The number of esters is 1. The standard InChI is InChI=1S/C20H21F2NO5/c1-13(20(25)23-18-10-5-14(21)12-17(18)22)28-19(24)4-3-11-27-16-8-6-15(26-2)7-9-16/h5-10,12-13H,3-4,11H2,1-2H3,(H,23,25). The van der Waals surface area contributed by atoms with Gasteiger partial charge in [-0.15, -0.1) is 0 Å². The Morgan fingerprint density at radius 1 is 1.07 bits per heavy atom. The second-order valence-electron chi connectivity index (χ2n) is 5.87. The van der Waals surface area contributed by atoms with Crippen molar-refractivity contribution >= 4 is 17.6 Å². The normalized spacial score (nSPS) is 11.4. The van der Waals surface area contributed by atoms with E-state index in [4.69, 9.17) is 14.2 Å². The monoisotopic (exact) mass is 393 g/mol. The average Bonchev–Trinajstić information content (AvgIpc) is 2.67.